The van der Waals surface area contributed by atoms with Crippen molar-refractivity contribution >= 4 is 21.5 Å². The van der Waals surface area contributed by atoms with Crippen LogP contribution in [0, 0.1) is 5.92 Å². The first-order valence-electron chi connectivity index (χ1n) is 9.52. The van der Waals surface area contributed by atoms with Crippen molar-refractivity contribution in [3.05, 3.63) is 23.8 Å². The van der Waals surface area contributed by atoms with Gasteiger partial charge in [-0.05, 0) is 37.0 Å². The fourth-order valence-electron chi connectivity index (χ4n) is 3.02. The summed E-state index contributed by atoms with van der Waals surface area (Å²) in [6.45, 7) is 6.13. The number of hydrogen-bond acceptors (Lipinski definition) is 7. The molecule has 1 aromatic rings. The maximum absolute atomic E-state index is 12.5. The third-order valence-corrected chi connectivity index (χ3v) is 5.14. The quantitative estimate of drug-likeness (QED) is 0.457. The van der Waals surface area contributed by atoms with Crippen LogP contribution >= 0.6 is 0 Å². The van der Waals surface area contributed by atoms with Crippen LogP contribution in [0.3, 0.4) is 0 Å². The lowest BCUT2D eigenvalue weighted by Crippen LogP contribution is -2.43. The van der Waals surface area contributed by atoms with Crippen LogP contribution < -0.4 is 20.5 Å². The summed E-state index contributed by atoms with van der Waals surface area (Å²) in [6, 6.07) is 3.76. The van der Waals surface area contributed by atoms with Crippen molar-refractivity contribution in [2.45, 2.75) is 45.7 Å². The Morgan fingerprint density at radius 2 is 1.86 bits per heavy atom. The lowest BCUT2D eigenvalue weighted by Gasteiger charge is -2.26. The molecule has 0 fully saturated rings. The number of nitrogens with one attached hydrogen (secondary N) is 1. The summed E-state index contributed by atoms with van der Waals surface area (Å²) in [5.41, 5.74) is 5.82. The van der Waals surface area contributed by atoms with Crippen molar-refractivity contribution < 1.29 is 27.5 Å². The molecule has 0 bridgehead atoms. The molecule has 164 valence electrons. The number of carbonyl (C=O) groups excluding carboxylic acids is 2. The molecular formula is C20H32N2O6S. The van der Waals surface area contributed by atoms with Gasteiger partial charge in [-0.25, -0.2) is 8.42 Å². The van der Waals surface area contributed by atoms with Gasteiger partial charge in [0.1, 0.15) is 9.84 Å². The molecule has 0 heterocycles. The zero-order valence-corrected chi connectivity index (χ0v) is 18.5. The number of hydrogen-bond donors (Lipinski definition) is 2. The third kappa shape index (κ3) is 8.82. The zero-order chi connectivity index (χ0) is 22.2. The molecule has 1 rings (SSSR count). The van der Waals surface area contributed by atoms with Crippen LogP contribution in [0.4, 0.5) is 0 Å². The predicted octanol–water partition coefficient (Wildman–Crippen LogP) is 1.63. The first-order valence-corrected chi connectivity index (χ1v) is 11.6. The van der Waals surface area contributed by atoms with Gasteiger partial charge in [-0.1, -0.05) is 19.9 Å². The molecule has 2 atom stereocenters. The predicted molar refractivity (Wildman–Crippen MR) is 112 cm³/mol. The molecule has 0 aliphatic rings. The van der Waals surface area contributed by atoms with Gasteiger partial charge in [0.25, 0.3) is 0 Å². The minimum Gasteiger partial charge on any atom is -0.493 e. The van der Waals surface area contributed by atoms with Crippen molar-refractivity contribution in [2.24, 2.45) is 11.7 Å². The van der Waals surface area contributed by atoms with Gasteiger partial charge in [0.05, 0.1) is 31.9 Å². The number of carbonyl (C=O) groups is 2. The monoisotopic (exact) mass is 428 g/mol. The summed E-state index contributed by atoms with van der Waals surface area (Å²) in [5.74, 6) is -0.132. The molecule has 1 aromatic carbocycles. The van der Waals surface area contributed by atoms with Gasteiger partial charge in [0.15, 0.2) is 17.3 Å². The van der Waals surface area contributed by atoms with E-state index in [4.69, 9.17) is 15.2 Å². The molecule has 8 nitrogen and oxygen atoms in total. The Hall–Kier alpha value is -2.13. The molecule has 0 radical (unpaired) electrons. The van der Waals surface area contributed by atoms with Crippen LogP contribution in [0.2, 0.25) is 0 Å². The lowest BCUT2D eigenvalue weighted by atomic mass is 9.96. The smallest absolute Gasteiger partial charge is 0.224 e. The minimum atomic E-state index is -3.37. The summed E-state index contributed by atoms with van der Waals surface area (Å²) in [6.07, 6.45) is 1.18. The van der Waals surface area contributed by atoms with Gasteiger partial charge in [-0.2, -0.15) is 0 Å². The summed E-state index contributed by atoms with van der Waals surface area (Å²) < 4.78 is 35.0. The van der Waals surface area contributed by atoms with Crippen molar-refractivity contribution in [3.63, 3.8) is 0 Å². The number of ketones is 1. The number of amides is 1. The van der Waals surface area contributed by atoms with E-state index in [9.17, 15) is 18.0 Å². The largest absolute Gasteiger partial charge is 0.493 e. The van der Waals surface area contributed by atoms with E-state index in [1.807, 2.05) is 20.8 Å². The molecule has 3 N–H and O–H groups in total. The highest BCUT2D eigenvalue weighted by Gasteiger charge is 2.27. The molecular weight excluding hydrogens is 396 g/mol. The Morgan fingerprint density at radius 3 is 2.34 bits per heavy atom. The zero-order valence-electron chi connectivity index (χ0n) is 17.7. The molecule has 2 unspecified atom stereocenters. The molecule has 9 heteroatoms. The van der Waals surface area contributed by atoms with E-state index in [1.54, 1.807) is 18.2 Å². The van der Waals surface area contributed by atoms with Crippen LogP contribution in [0.5, 0.6) is 11.5 Å². The Morgan fingerprint density at radius 1 is 1.21 bits per heavy atom. The van der Waals surface area contributed by atoms with Gasteiger partial charge in [-0.3, -0.25) is 14.9 Å². The number of rotatable bonds is 13. The van der Waals surface area contributed by atoms with Gasteiger partial charge in [0.2, 0.25) is 5.91 Å². The van der Waals surface area contributed by atoms with E-state index in [-0.39, 0.29) is 17.5 Å². The minimum absolute atomic E-state index is 0.151. The highest BCUT2D eigenvalue weighted by molar-refractivity contribution is 7.90. The van der Waals surface area contributed by atoms with Crippen molar-refractivity contribution in [1.82, 2.24) is 5.32 Å². The first-order chi connectivity index (χ1) is 13.5. The summed E-state index contributed by atoms with van der Waals surface area (Å²) in [5, 5.41) is 3.14. The fraction of sp³-hybridized carbons (Fsp3) is 0.600. The van der Waals surface area contributed by atoms with Crippen LogP contribution in [0.15, 0.2) is 18.2 Å². The van der Waals surface area contributed by atoms with E-state index < -0.39 is 34.2 Å². The van der Waals surface area contributed by atoms with E-state index in [0.29, 0.717) is 30.1 Å². The Kier molecular flexibility index (Phi) is 9.58. The van der Waals surface area contributed by atoms with Crippen LogP contribution in [-0.2, 0) is 19.4 Å². The standard InChI is InChI=1S/C20H32N2O6S/c1-6-28-19-10-14(7-8-18(19)27-4)16(12-29(5,25)26)22-15(9-13(2)3)17(23)11-20(21)24/h7-8,10,13,15-16,22H,6,9,11-12H2,1-5H3,(H2,21,24). The van der Waals surface area contributed by atoms with E-state index in [2.05, 4.69) is 5.32 Å². The number of nitrogens with two attached hydrogens (primary N) is 1. The van der Waals surface area contributed by atoms with Gasteiger partial charge < -0.3 is 15.2 Å². The number of ether oxygens (including phenoxy) is 2. The van der Waals surface area contributed by atoms with Gasteiger partial charge in [-0.15, -0.1) is 0 Å². The van der Waals surface area contributed by atoms with E-state index >= 15 is 0 Å². The first kappa shape index (κ1) is 24.9. The van der Waals surface area contributed by atoms with Crippen LogP contribution in [-0.4, -0.2) is 51.9 Å². The summed E-state index contributed by atoms with van der Waals surface area (Å²) in [7, 11) is -1.85. The number of methoxy groups -OCH3 is 1. The van der Waals surface area contributed by atoms with Crippen molar-refractivity contribution in [1.29, 1.82) is 0 Å². The molecule has 0 aliphatic heterocycles. The second-order valence-corrected chi connectivity index (χ2v) is 9.63. The van der Waals surface area contributed by atoms with Crippen LogP contribution in [0.25, 0.3) is 0 Å². The Bertz CT molecular complexity index is 807. The van der Waals surface area contributed by atoms with Crippen molar-refractivity contribution in [2.75, 3.05) is 25.7 Å². The topological polar surface area (TPSA) is 125 Å². The molecule has 0 saturated carbocycles. The number of Topliss-reactive ketones (excluding diaryl/α,β-unsaturated/α-hetero) is 1. The molecule has 1 amide bonds. The van der Waals surface area contributed by atoms with Crippen molar-refractivity contribution in [3.8, 4) is 11.5 Å². The molecule has 0 aliphatic carbocycles. The Labute approximate surface area is 173 Å². The molecule has 0 aromatic heterocycles. The normalized spacial score (nSPS) is 13.7. The molecule has 0 saturated heterocycles. The average Bonchev–Trinajstić information content (AvgIpc) is 2.58. The maximum atomic E-state index is 12.5. The van der Waals surface area contributed by atoms with Gasteiger partial charge in [0, 0.05) is 12.3 Å². The Balaban J connectivity index is 3.30. The molecule has 29 heavy (non-hydrogen) atoms. The number of primary amides is 1. The summed E-state index contributed by atoms with van der Waals surface area (Å²) in [4.78, 5) is 23.8. The highest BCUT2D eigenvalue weighted by atomic mass is 32.2. The number of benzene rings is 1. The second kappa shape index (κ2) is 11.2. The maximum Gasteiger partial charge on any atom is 0.224 e. The average molecular weight is 429 g/mol. The lowest BCUT2D eigenvalue weighted by molar-refractivity contribution is -0.128. The van der Waals surface area contributed by atoms with Gasteiger partial charge >= 0.3 is 0 Å². The van der Waals surface area contributed by atoms with E-state index in [0.717, 1.165) is 6.26 Å². The fourth-order valence-corrected chi connectivity index (χ4v) is 3.92. The summed E-state index contributed by atoms with van der Waals surface area (Å²) >= 11 is 0. The van der Waals surface area contributed by atoms with Crippen LogP contribution in [0.1, 0.15) is 45.2 Å². The molecule has 0 spiro atoms. The number of sulfone groups is 1. The third-order valence-electron chi connectivity index (χ3n) is 4.21. The highest BCUT2D eigenvalue weighted by Crippen LogP contribution is 2.31. The van der Waals surface area contributed by atoms with E-state index in [1.165, 1.54) is 7.11 Å². The SMILES string of the molecule is CCOc1cc(C(CS(C)(=O)=O)NC(CC(C)C)C(=O)CC(N)=O)ccc1OC. The second-order valence-electron chi connectivity index (χ2n) is 7.45.